The third kappa shape index (κ3) is 5.60. The quantitative estimate of drug-likeness (QED) is 0.640. The van der Waals surface area contributed by atoms with Gasteiger partial charge in [0.05, 0.1) is 23.8 Å². The number of aliphatic imine (C=N–C) groups is 1. The van der Waals surface area contributed by atoms with E-state index in [2.05, 4.69) is 16.9 Å². The number of ketones is 1. The van der Waals surface area contributed by atoms with E-state index >= 15 is 0 Å². The van der Waals surface area contributed by atoms with Crippen LogP contribution in [0, 0.1) is 11.8 Å². The van der Waals surface area contributed by atoms with E-state index in [1.54, 1.807) is 30.5 Å². The van der Waals surface area contributed by atoms with Crippen molar-refractivity contribution >= 4 is 23.2 Å². The zero-order valence-corrected chi connectivity index (χ0v) is 18.6. The van der Waals surface area contributed by atoms with Crippen molar-refractivity contribution in [3.05, 3.63) is 41.8 Å². The summed E-state index contributed by atoms with van der Waals surface area (Å²) >= 11 is 0. The lowest BCUT2D eigenvalue weighted by Crippen LogP contribution is -2.27. The highest BCUT2D eigenvalue weighted by atomic mass is 16.5. The molecular weight excluding hydrogens is 392 g/mol. The summed E-state index contributed by atoms with van der Waals surface area (Å²) < 4.78 is 5.92. The van der Waals surface area contributed by atoms with Crippen LogP contribution < -0.4 is 10.5 Å². The summed E-state index contributed by atoms with van der Waals surface area (Å²) in [5, 5.41) is 0. The minimum Gasteiger partial charge on any atom is -0.490 e. The van der Waals surface area contributed by atoms with Gasteiger partial charge in [-0.15, -0.1) is 0 Å². The molecule has 0 spiro atoms. The van der Waals surface area contributed by atoms with E-state index in [0.29, 0.717) is 35.1 Å². The van der Waals surface area contributed by atoms with Crippen molar-refractivity contribution in [1.29, 1.82) is 0 Å². The van der Waals surface area contributed by atoms with Crippen LogP contribution in [0.15, 0.2) is 41.2 Å². The predicted octanol–water partition coefficient (Wildman–Crippen LogP) is 3.82. The molecule has 0 radical (unpaired) electrons. The summed E-state index contributed by atoms with van der Waals surface area (Å²) in [5.41, 5.74) is 7.71. The van der Waals surface area contributed by atoms with E-state index in [1.165, 1.54) is 0 Å². The smallest absolute Gasteiger partial charge is 0.255 e. The maximum atomic E-state index is 12.8. The molecule has 7 nitrogen and oxygen atoms in total. The lowest BCUT2D eigenvalue weighted by molar-refractivity contribution is -0.123. The first-order valence-corrected chi connectivity index (χ1v) is 11.1. The normalized spacial score (nSPS) is 19.7. The van der Waals surface area contributed by atoms with E-state index in [0.717, 1.165) is 38.8 Å². The molecular formula is C24H32N4O3. The molecule has 31 heavy (non-hydrogen) atoms. The molecule has 1 fully saturated rings. The van der Waals surface area contributed by atoms with Crippen molar-refractivity contribution in [3.8, 4) is 5.75 Å². The Labute approximate surface area is 184 Å². The molecule has 0 bridgehead atoms. The summed E-state index contributed by atoms with van der Waals surface area (Å²) in [7, 11) is 0. The third-order valence-corrected chi connectivity index (χ3v) is 5.47. The molecule has 1 unspecified atom stereocenters. The highest BCUT2D eigenvalue weighted by Crippen LogP contribution is 2.29. The zero-order chi connectivity index (χ0) is 22.4. The number of pyridine rings is 1. The molecule has 1 aliphatic carbocycles. The zero-order valence-electron chi connectivity index (χ0n) is 18.6. The molecule has 0 aromatic carbocycles. The monoisotopic (exact) mass is 424 g/mol. The second-order valence-electron chi connectivity index (χ2n) is 8.32. The molecule has 1 atom stereocenters. The van der Waals surface area contributed by atoms with Crippen LogP contribution in [-0.4, -0.2) is 47.0 Å². The Balaban J connectivity index is 1.86. The first-order chi connectivity index (χ1) is 14.9. The minimum absolute atomic E-state index is 0.0266. The topological polar surface area (TPSA) is 97.9 Å². The molecule has 2 heterocycles. The lowest BCUT2D eigenvalue weighted by Gasteiger charge is -2.18. The molecule has 3 rings (SSSR count). The number of ether oxygens (including phenoxy) is 1. The Kier molecular flexibility index (Phi) is 7.60. The van der Waals surface area contributed by atoms with Crippen LogP contribution >= 0.6 is 0 Å². The average molecular weight is 425 g/mol. The summed E-state index contributed by atoms with van der Waals surface area (Å²) in [4.78, 5) is 35.9. The van der Waals surface area contributed by atoms with Gasteiger partial charge in [0.25, 0.3) is 5.91 Å². The highest BCUT2D eigenvalue weighted by molar-refractivity contribution is 6.08. The Hall–Kier alpha value is -2.96. The molecule has 1 aromatic rings. The van der Waals surface area contributed by atoms with Crippen LogP contribution in [0.1, 0.15) is 56.8 Å². The lowest BCUT2D eigenvalue weighted by atomic mass is 9.89. The highest BCUT2D eigenvalue weighted by Gasteiger charge is 2.24. The van der Waals surface area contributed by atoms with Crippen LogP contribution in [0.3, 0.4) is 0 Å². The number of likely N-dealkylation sites (tertiary alicyclic amines) is 1. The SMILES string of the molecule is CCCCOc1cc(C(=O)N2CCCC2)cnc1N=C1C=CC(C(=O)C(C)C)C(N)=C1. The number of amides is 1. The predicted molar refractivity (Wildman–Crippen MR) is 122 cm³/mol. The molecule has 7 heteroatoms. The van der Waals surface area contributed by atoms with Crippen molar-refractivity contribution in [2.45, 2.75) is 46.5 Å². The maximum Gasteiger partial charge on any atom is 0.255 e. The summed E-state index contributed by atoms with van der Waals surface area (Å²) in [5.74, 6) is 0.406. The van der Waals surface area contributed by atoms with Gasteiger partial charge in [0.15, 0.2) is 11.6 Å². The summed E-state index contributed by atoms with van der Waals surface area (Å²) in [6.07, 6.45) is 10.8. The van der Waals surface area contributed by atoms with E-state index in [-0.39, 0.29) is 17.6 Å². The van der Waals surface area contributed by atoms with Crippen molar-refractivity contribution < 1.29 is 14.3 Å². The van der Waals surface area contributed by atoms with Crippen molar-refractivity contribution in [1.82, 2.24) is 9.88 Å². The molecule has 2 aliphatic rings. The van der Waals surface area contributed by atoms with E-state index in [1.807, 2.05) is 18.7 Å². The molecule has 1 amide bonds. The molecule has 2 N–H and O–H groups in total. The summed E-state index contributed by atoms with van der Waals surface area (Å²) in [6, 6.07) is 1.73. The Morgan fingerprint density at radius 1 is 1.32 bits per heavy atom. The minimum atomic E-state index is -0.423. The van der Waals surface area contributed by atoms with Crippen LogP contribution in [0.25, 0.3) is 0 Å². The fourth-order valence-electron chi connectivity index (χ4n) is 3.60. The number of carbonyl (C=O) groups is 2. The first-order valence-electron chi connectivity index (χ1n) is 11.1. The number of nitrogens with zero attached hydrogens (tertiary/aromatic N) is 3. The van der Waals surface area contributed by atoms with Crippen LogP contribution in [0.4, 0.5) is 5.82 Å². The fraction of sp³-hybridized carbons (Fsp3) is 0.500. The summed E-state index contributed by atoms with van der Waals surface area (Å²) in [6.45, 7) is 7.89. The van der Waals surface area contributed by atoms with Gasteiger partial charge in [-0.05, 0) is 37.5 Å². The molecule has 1 aromatic heterocycles. The number of aromatic nitrogens is 1. The van der Waals surface area contributed by atoms with Crippen molar-refractivity contribution in [2.75, 3.05) is 19.7 Å². The van der Waals surface area contributed by atoms with E-state index in [9.17, 15) is 9.59 Å². The largest absolute Gasteiger partial charge is 0.490 e. The second kappa shape index (κ2) is 10.4. The van der Waals surface area contributed by atoms with E-state index < -0.39 is 5.92 Å². The molecule has 1 aliphatic heterocycles. The molecule has 1 saturated heterocycles. The van der Waals surface area contributed by atoms with Gasteiger partial charge in [0, 0.05) is 30.9 Å². The standard InChI is InChI=1S/C24H32N4O3/c1-4-5-12-31-21-13-17(24(30)28-10-6-7-11-28)15-26-23(21)27-18-8-9-19(20(25)14-18)22(29)16(2)3/h8-9,13-16,19H,4-7,10-12,25H2,1-3H3. The number of allylic oxidation sites excluding steroid dienone is 3. The Morgan fingerprint density at radius 3 is 2.71 bits per heavy atom. The maximum absolute atomic E-state index is 12.8. The molecule has 0 saturated carbocycles. The van der Waals surface area contributed by atoms with Gasteiger partial charge in [0.1, 0.15) is 5.78 Å². The van der Waals surface area contributed by atoms with Crippen molar-refractivity contribution in [2.24, 2.45) is 22.6 Å². The van der Waals surface area contributed by atoms with Gasteiger partial charge in [0.2, 0.25) is 0 Å². The fourth-order valence-corrected chi connectivity index (χ4v) is 3.60. The Bertz CT molecular complexity index is 911. The first kappa shape index (κ1) is 22.7. The third-order valence-electron chi connectivity index (χ3n) is 5.47. The van der Waals surface area contributed by atoms with Crippen molar-refractivity contribution in [3.63, 3.8) is 0 Å². The van der Waals surface area contributed by atoms with E-state index in [4.69, 9.17) is 10.5 Å². The van der Waals surface area contributed by atoms with Gasteiger partial charge in [-0.1, -0.05) is 33.3 Å². The van der Waals surface area contributed by atoms with Gasteiger partial charge in [-0.3, -0.25) is 9.59 Å². The Morgan fingerprint density at radius 2 is 2.06 bits per heavy atom. The average Bonchev–Trinajstić information content (AvgIpc) is 3.29. The number of hydrogen-bond donors (Lipinski definition) is 1. The van der Waals surface area contributed by atoms with Crippen LogP contribution in [0.5, 0.6) is 5.75 Å². The van der Waals surface area contributed by atoms with Gasteiger partial charge in [-0.2, -0.15) is 0 Å². The number of unbranched alkanes of at least 4 members (excludes halogenated alkanes) is 1. The van der Waals surface area contributed by atoms with Crippen LogP contribution in [-0.2, 0) is 4.79 Å². The van der Waals surface area contributed by atoms with Gasteiger partial charge >= 0.3 is 0 Å². The molecule has 166 valence electrons. The van der Waals surface area contributed by atoms with Gasteiger partial charge in [-0.25, -0.2) is 9.98 Å². The second-order valence-corrected chi connectivity index (χ2v) is 8.32. The number of Topliss-reactive ketones (excluding diaryl/α,β-unsaturated/α-hetero) is 1. The number of rotatable bonds is 8. The van der Waals surface area contributed by atoms with Crippen LogP contribution in [0.2, 0.25) is 0 Å². The number of nitrogens with two attached hydrogens (primary N) is 1. The number of hydrogen-bond acceptors (Lipinski definition) is 6. The number of carbonyl (C=O) groups excluding carboxylic acids is 2. The van der Waals surface area contributed by atoms with Gasteiger partial charge < -0.3 is 15.4 Å².